The Balaban J connectivity index is 1.68. The zero-order valence-electron chi connectivity index (χ0n) is 15.4. The number of aromatic nitrogens is 4. The van der Waals surface area contributed by atoms with E-state index in [9.17, 15) is 13.2 Å². The lowest BCUT2D eigenvalue weighted by molar-refractivity contribution is -0.137. The molecule has 3 aromatic heterocycles. The molecule has 29 heavy (non-hydrogen) atoms. The van der Waals surface area contributed by atoms with Crippen LogP contribution in [-0.2, 0) is 6.18 Å². The van der Waals surface area contributed by atoms with Gasteiger partial charge in [0.2, 0.25) is 0 Å². The maximum atomic E-state index is 12.8. The summed E-state index contributed by atoms with van der Waals surface area (Å²) in [5.74, 6) is 1.04. The normalized spacial score (nSPS) is 11.6. The van der Waals surface area contributed by atoms with Crippen molar-refractivity contribution < 1.29 is 13.2 Å². The van der Waals surface area contributed by atoms with Gasteiger partial charge in [0, 0.05) is 23.7 Å². The van der Waals surface area contributed by atoms with Gasteiger partial charge in [0.1, 0.15) is 18.0 Å². The molecule has 0 bridgehead atoms. The van der Waals surface area contributed by atoms with Crippen molar-refractivity contribution >= 4 is 5.82 Å². The van der Waals surface area contributed by atoms with E-state index in [1.807, 2.05) is 31.3 Å². The second-order valence-electron chi connectivity index (χ2n) is 6.57. The molecule has 0 amide bonds. The van der Waals surface area contributed by atoms with Crippen LogP contribution in [0, 0.1) is 6.92 Å². The molecule has 146 valence electrons. The molecule has 3 heterocycles. The van der Waals surface area contributed by atoms with Crippen molar-refractivity contribution in [1.82, 2.24) is 19.5 Å². The molecule has 0 saturated carbocycles. The minimum Gasteiger partial charge on any atom is -0.384 e. The zero-order valence-corrected chi connectivity index (χ0v) is 15.4. The standard InChI is InChI=1S/C21H16F3N5/c1-13-8-16(14-2-5-17(6-3-14)21(22,23)24)9-20(28-13)29-11-18(27-12-29)15-4-7-19(25)26-10-15/h2-12H,1H3,(H2,25,26). The van der Waals surface area contributed by atoms with E-state index >= 15 is 0 Å². The van der Waals surface area contributed by atoms with Crippen molar-refractivity contribution in [2.45, 2.75) is 13.1 Å². The summed E-state index contributed by atoms with van der Waals surface area (Å²) in [5, 5.41) is 0. The minimum absolute atomic E-state index is 0.426. The molecule has 1 aromatic carbocycles. The average molecular weight is 395 g/mol. The van der Waals surface area contributed by atoms with E-state index in [4.69, 9.17) is 5.73 Å². The van der Waals surface area contributed by atoms with Crippen LogP contribution in [0.1, 0.15) is 11.3 Å². The number of aryl methyl sites for hydroxylation is 1. The molecule has 0 aliphatic heterocycles. The lowest BCUT2D eigenvalue weighted by atomic mass is 10.0. The number of hydrogen-bond acceptors (Lipinski definition) is 4. The first-order chi connectivity index (χ1) is 13.8. The molecule has 4 rings (SSSR count). The number of rotatable bonds is 3. The van der Waals surface area contributed by atoms with Crippen LogP contribution in [0.3, 0.4) is 0 Å². The minimum atomic E-state index is -4.36. The summed E-state index contributed by atoms with van der Waals surface area (Å²) in [6.07, 6.45) is 0.719. The smallest absolute Gasteiger partial charge is 0.384 e. The van der Waals surface area contributed by atoms with Gasteiger partial charge >= 0.3 is 6.18 Å². The molecule has 0 aliphatic rings. The van der Waals surface area contributed by atoms with Crippen molar-refractivity contribution in [1.29, 1.82) is 0 Å². The summed E-state index contributed by atoms with van der Waals surface area (Å²) in [7, 11) is 0. The highest BCUT2D eigenvalue weighted by Gasteiger charge is 2.30. The fourth-order valence-electron chi connectivity index (χ4n) is 2.96. The van der Waals surface area contributed by atoms with Crippen LogP contribution in [0.15, 0.2) is 67.3 Å². The number of halogens is 3. The number of nitrogens with two attached hydrogens (primary N) is 1. The molecule has 2 N–H and O–H groups in total. The van der Waals surface area contributed by atoms with Gasteiger partial charge in [-0.05, 0) is 54.4 Å². The Morgan fingerprint density at radius 3 is 2.28 bits per heavy atom. The molecule has 0 atom stereocenters. The first kappa shape index (κ1) is 18.7. The Labute approximate surface area is 164 Å². The van der Waals surface area contributed by atoms with Crippen LogP contribution in [0.4, 0.5) is 19.0 Å². The number of hydrogen-bond donors (Lipinski definition) is 1. The van der Waals surface area contributed by atoms with Gasteiger partial charge in [-0.2, -0.15) is 13.2 Å². The number of benzene rings is 1. The number of alkyl halides is 3. The number of nitrogens with zero attached hydrogens (tertiary/aromatic N) is 4. The third-order valence-electron chi connectivity index (χ3n) is 4.41. The Bertz CT molecular complexity index is 1150. The average Bonchev–Trinajstić information content (AvgIpc) is 3.18. The maximum Gasteiger partial charge on any atom is 0.416 e. The summed E-state index contributed by atoms with van der Waals surface area (Å²) in [6, 6.07) is 12.2. The zero-order chi connectivity index (χ0) is 20.6. The molecular weight excluding hydrogens is 379 g/mol. The summed E-state index contributed by atoms with van der Waals surface area (Å²) in [4.78, 5) is 13.0. The summed E-state index contributed by atoms with van der Waals surface area (Å²) in [6.45, 7) is 1.83. The first-order valence-corrected chi connectivity index (χ1v) is 8.72. The molecule has 5 nitrogen and oxygen atoms in total. The van der Waals surface area contributed by atoms with Crippen molar-refractivity contribution in [2.75, 3.05) is 5.73 Å². The summed E-state index contributed by atoms with van der Waals surface area (Å²) < 4.78 is 40.2. The molecule has 0 spiro atoms. The van der Waals surface area contributed by atoms with Gasteiger partial charge < -0.3 is 5.73 Å². The molecular formula is C21H16F3N5. The highest BCUT2D eigenvalue weighted by molar-refractivity contribution is 5.66. The van der Waals surface area contributed by atoms with E-state index in [1.54, 1.807) is 23.2 Å². The topological polar surface area (TPSA) is 69.6 Å². The van der Waals surface area contributed by atoms with Crippen LogP contribution in [0.25, 0.3) is 28.2 Å². The molecule has 0 radical (unpaired) electrons. The van der Waals surface area contributed by atoms with Crippen LogP contribution in [0.5, 0.6) is 0 Å². The highest BCUT2D eigenvalue weighted by atomic mass is 19.4. The lowest BCUT2D eigenvalue weighted by Gasteiger charge is -2.10. The van der Waals surface area contributed by atoms with E-state index in [2.05, 4.69) is 15.0 Å². The Morgan fingerprint density at radius 1 is 0.897 bits per heavy atom. The van der Waals surface area contributed by atoms with E-state index in [0.29, 0.717) is 22.9 Å². The quantitative estimate of drug-likeness (QED) is 0.535. The number of anilines is 1. The molecule has 4 aromatic rings. The second kappa shape index (κ2) is 7.05. The molecule has 0 fully saturated rings. The van der Waals surface area contributed by atoms with Crippen molar-refractivity contribution in [3.05, 3.63) is 78.5 Å². The van der Waals surface area contributed by atoms with Gasteiger partial charge in [0.05, 0.1) is 11.3 Å². The third-order valence-corrected chi connectivity index (χ3v) is 4.41. The molecule has 0 saturated heterocycles. The maximum absolute atomic E-state index is 12.8. The van der Waals surface area contributed by atoms with Crippen LogP contribution in [0.2, 0.25) is 0 Å². The fourth-order valence-corrected chi connectivity index (χ4v) is 2.96. The predicted molar refractivity (Wildman–Crippen MR) is 104 cm³/mol. The largest absolute Gasteiger partial charge is 0.416 e. The van der Waals surface area contributed by atoms with Crippen LogP contribution in [-0.4, -0.2) is 19.5 Å². The SMILES string of the molecule is Cc1cc(-c2ccc(C(F)(F)F)cc2)cc(-n2cnc(-c3ccc(N)nc3)c2)n1. The van der Waals surface area contributed by atoms with E-state index in [1.165, 1.54) is 12.1 Å². The van der Waals surface area contributed by atoms with E-state index < -0.39 is 11.7 Å². The first-order valence-electron chi connectivity index (χ1n) is 8.72. The van der Waals surface area contributed by atoms with Gasteiger partial charge in [-0.25, -0.2) is 15.0 Å². The molecule has 0 unspecified atom stereocenters. The summed E-state index contributed by atoms with van der Waals surface area (Å²) in [5.41, 5.74) is 8.64. The van der Waals surface area contributed by atoms with Crippen LogP contribution < -0.4 is 5.73 Å². The Hall–Kier alpha value is -3.68. The van der Waals surface area contributed by atoms with Crippen LogP contribution >= 0.6 is 0 Å². The molecule has 8 heteroatoms. The summed E-state index contributed by atoms with van der Waals surface area (Å²) >= 11 is 0. The Kier molecular flexibility index (Phi) is 4.54. The van der Waals surface area contributed by atoms with Crippen molar-refractivity contribution in [3.8, 4) is 28.2 Å². The predicted octanol–water partition coefficient (Wildman–Crippen LogP) is 4.91. The van der Waals surface area contributed by atoms with Gasteiger partial charge in [0.15, 0.2) is 0 Å². The van der Waals surface area contributed by atoms with E-state index in [-0.39, 0.29) is 0 Å². The van der Waals surface area contributed by atoms with Gasteiger partial charge in [-0.15, -0.1) is 0 Å². The monoisotopic (exact) mass is 395 g/mol. The molecule has 0 aliphatic carbocycles. The lowest BCUT2D eigenvalue weighted by Crippen LogP contribution is -2.04. The second-order valence-corrected chi connectivity index (χ2v) is 6.57. The van der Waals surface area contributed by atoms with Gasteiger partial charge in [-0.1, -0.05) is 12.1 Å². The fraction of sp³-hybridized carbons (Fsp3) is 0.0952. The van der Waals surface area contributed by atoms with Gasteiger partial charge in [0.25, 0.3) is 0 Å². The van der Waals surface area contributed by atoms with Gasteiger partial charge in [-0.3, -0.25) is 4.57 Å². The van der Waals surface area contributed by atoms with E-state index in [0.717, 1.165) is 29.0 Å². The highest BCUT2D eigenvalue weighted by Crippen LogP contribution is 2.31. The van der Waals surface area contributed by atoms with Crippen molar-refractivity contribution in [3.63, 3.8) is 0 Å². The van der Waals surface area contributed by atoms with Crippen molar-refractivity contribution in [2.24, 2.45) is 0 Å². The number of nitrogen functional groups attached to an aromatic ring is 1. The Morgan fingerprint density at radius 2 is 1.62 bits per heavy atom. The number of imidazole rings is 1. The third kappa shape index (κ3) is 3.96. The number of pyridine rings is 2.